The summed E-state index contributed by atoms with van der Waals surface area (Å²) < 4.78 is 37.1. The van der Waals surface area contributed by atoms with Crippen LogP contribution in [0.1, 0.15) is 12.0 Å². The lowest BCUT2D eigenvalue weighted by Gasteiger charge is -2.27. The Morgan fingerprint density at radius 3 is 2.68 bits per heavy atom. The van der Waals surface area contributed by atoms with Gasteiger partial charge < -0.3 is 19.6 Å². The maximum absolute atomic E-state index is 14.9. The van der Waals surface area contributed by atoms with E-state index >= 15 is 0 Å². The Morgan fingerprint density at radius 2 is 2.10 bits per heavy atom. The molecule has 2 atom stereocenters. The quantitative estimate of drug-likeness (QED) is 0.666. The molecule has 11 heteroatoms. The van der Waals surface area contributed by atoms with Crippen LogP contribution in [0.4, 0.5) is 14.5 Å². The molecule has 2 aliphatic heterocycles. The number of ether oxygens (including phenoxy) is 1. The highest BCUT2D eigenvalue weighted by Crippen LogP contribution is 2.33. The number of rotatable bonds is 6. The van der Waals surface area contributed by atoms with E-state index in [9.17, 15) is 18.4 Å². The van der Waals surface area contributed by atoms with Crippen molar-refractivity contribution in [3.63, 3.8) is 0 Å². The van der Waals surface area contributed by atoms with Crippen LogP contribution in [0.15, 0.2) is 30.6 Å². The number of carbonyl (C=O) groups excluding carboxylic acids is 2. The van der Waals surface area contributed by atoms with E-state index in [1.807, 2.05) is 0 Å². The van der Waals surface area contributed by atoms with Gasteiger partial charge in [0.1, 0.15) is 18.2 Å². The molecule has 0 aliphatic carbocycles. The molecule has 2 aromatic rings. The van der Waals surface area contributed by atoms with Crippen LogP contribution in [0, 0.1) is 11.6 Å². The second-order valence-electron chi connectivity index (χ2n) is 7.32. The zero-order chi connectivity index (χ0) is 22.0. The van der Waals surface area contributed by atoms with Gasteiger partial charge in [-0.2, -0.15) is 0 Å². The van der Waals surface area contributed by atoms with Gasteiger partial charge in [0.15, 0.2) is 12.5 Å². The standard InChI is InChI=1S/C20H21F2N5O4/c21-16-7-14(27-10-15(31-19(27)12-29)9-26-6-3-23-24-26)8-17(22)20(16)13-1-4-25(5-2-13)18(30)11-28/h1,3,6-8,12,15,19,28H,2,4-5,9-11H2/t15-,19?/m0/s1. The van der Waals surface area contributed by atoms with Crippen molar-refractivity contribution in [2.24, 2.45) is 0 Å². The van der Waals surface area contributed by atoms with Crippen molar-refractivity contribution in [1.29, 1.82) is 0 Å². The summed E-state index contributed by atoms with van der Waals surface area (Å²) in [5, 5.41) is 16.5. The first-order chi connectivity index (χ1) is 15.0. The second-order valence-corrected chi connectivity index (χ2v) is 7.32. The minimum absolute atomic E-state index is 0.151. The van der Waals surface area contributed by atoms with Gasteiger partial charge in [-0.25, -0.2) is 13.5 Å². The number of nitrogens with zero attached hydrogens (tertiary/aromatic N) is 5. The molecule has 31 heavy (non-hydrogen) atoms. The van der Waals surface area contributed by atoms with Crippen LogP contribution in [0.5, 0.6) is 0 Å². The summed E-state index contributed by atoms with van der Waals surface area (Å²) in [6.45, 7) is 0.437. The summed E-state index contributed by atoms with van der Waals surface area (Å²) in [4.78, 5) is 26.0. The van der Waals surface area contributed by atoms with Gasteiger partial charge in [0, 0.05) is 37.1 Å². The van der Waals surface area contributed by atoms with Gasteiger partial charge in [0.25, 0.3) is 0 Å². The summed E-state index contributed by atoms with van der Waals surface area (Å²) in [6.07, 6.45) is 4.24. The van der Waals surface area contributed by atoms with Gasteiger partial charge in [-0.3, -0.25) is 9.59 Å². The van der Waals surface area contributed by atoms with E-state index < -0.39 is 36.5 Å². The van der Waals surface area contributed by atoms with Crippen LogP contribution >= 0.6 is 0 Å². The molecule has 1 saturated heterocycles. The number of benzene rings is 1. The van der Waals surface area contributed by atoms with Crippen molar-refractivity contribution < 1.29 is 28.2 Å². The molecule has 0 saturated carbocycles. The molecule has 1 amide bonds. The van der Waals surface area contributed by atoms with Crippen molar-refractivity contribution in [3.05, 3.63) is 47.8 Å². The van der Waals surface area contributed by atoms with Gasteiger partial charge in [0.2, 0.25) is 5.91 Å². The first-order valence-electron chi connectivity index (χ1n) is 9.78. The molecule has 0 spiro atoms. The Hall–Kier alpha value is -3.18. The van der Waals surface area contributed by atoms with Crippen LogP contribution in [0.3, 0.4) is 0 Å². The molecular weight excluding hydrogens is 412 g/mol. The van der Waals surface area contributed by atoms with Crippen molar-refractivity contribution in [1.82, 2.24) is 19.9 Å². The zero-order valence-corrected chi connectivity index (χ0v) is 16.5. The normalized spacial score (nSPS) is 21.3. The molecule has 0 radical (unpaired) electrons. The monoisotopic (exact) mass is 433 g/mol. The van der Waals surface area contributed by atoms with Crippen LogP contribution in [0.2, 0.25) is 0 Å². The maximum atomic E-state index is 14.9. The molecule has 4 rings (SSSR count). The Bertz CT molecular complexity index is 974. The number of carbonyl (C=O) groups is 2. The van der Waals surface area contributed by atoms with E-state index in [4.69, 9.17) is 9.84 Å². The van der Waals surface area contributed by atoms with Crippen LogP contribution in [-0.4, -0.2) is 75.8 Å². The summed E-state index contributed by atoms with van der Waals surface area (Å²) in [5.74, 6) is -1.94. The van der Waals surface area contributed by atoms with Gasteiger partial charge in [-0.1, -0.05) is 11.3 Å². The van der Waals surface area contributed by atoms with Gasteiger partial charge in [-0.15, -0.1) is 5.10 Å². The fraction of sp³-hybridized carbons (Fsp3) is 0.400. The SMILES string of the molecule is O=CC1O[C@@H](Cn2ccnn2)CN1c1cc(F)c(C2=CCN(C(=O)CO)CC2)c(F)c1. The fourth-order valence-corrected chi connectivity index (χ4v) is 3.89. The Kier molecular flexibility index (Phi) is 6.05. The van der Waals surface area contributed by atoms with E-state index in [1.165, 1.54) is 28.1 Å². The number of aromatic nitrogens is 3. The topological polar surface area (TPSA) is 101 Å². The number of hydrogen-bond acceptors (Lipinski definition) is 7. The minimum atomic E-state index is -0.967. The minimum Gasteiger partial charge on any atom is -0.387 e. The lowest BCUT2D eigenvalue weighted by atomic mass is 9.97. The van der Waals surface area contributed by atoms with Gasteiger partial charge >= 0.3 is 0 Å². The largest absolute Gasteiger partial charge is 0.387 e. The highest BCUT2D eigenvalue weighted by molar-refractivity contribution is 5.79. The number of aldehydes is 1. The number of aliphatic hydroxyl groups excluding tert-OH is 1. The Labute approximate surface area is 176 Å². The first kappa shape index (κ1) is 21.1. The Balaban J connectivity index is 1.53. The summed E-state index contributed by atoms with van der Waals surface area (Å²) in [6, 6.07) is 2.37. The van der Waals surface area contributed by atoms with Gasteiger partial charge in [0.05, 0.1) is 18.8 Å². The number of aliphatic hydroxyl groups is 1. The molecule has 3 heterocycles. The maximum Gasteiger partial charge on any atom is 0.248 e. The van der Waals surface area contributed by atoms with Crippen molar-refractivity contribution in [2.45, 2.75) is 25.3 Å². The van der Waals surface area contributed by atoms with Crippen LogP contribution in [0.25, 0.3) is 5.57 Å². The summed E-state index contributed by atoms with van der Waals surface area (Å²) in [5.41, 5.74) is 0.504. The lowest BCUT2D eigenvalue weighted by Crippen LogP contribution is -2.36. The zero-order valence-electron chi connectivity index (χ0n) is 16.5. The van der Waals surface area contributed by atoms with Crippen molar-refractivity contribution in [2.75, 3.05) is 31.1 Å². The molecule has 1 fully saturated rings. The predicted molar refractivity (Wildman–Crippen MR) is 105 cm³/mol. The molecule has 1 N–H and O–H groups in total. The second kappa shape index (κ2) is 8.90. The molecule has 9 nitrogen and oxygen atoms in total. The molecule has 164 valence electrons. The number of anilines is 1. The van der Waals surface area contributed by atoms with Crippen molar-refractivity contribution >= 4 is 23.5 Å². The van der Waals surface area contributed by atoms with E-state index in [0.717, 1.165) is 0 Å². The van der Waals surface area contributed by atoms with Gasteiger partial charge in [-0.05, 0) is 24.1 Å². The highest BCUT2D eigenvalue weighted by atomic mass is 19.1. The lowest BCUT2D eigenvalue weighted by molar-refractivity contribution is -0.133. The number of halogens is 2. The summed E-state index contributed by atoms with van der Waals surface area (Å²) >= 11 is 0. The summed E-state index contributed by atoms with van der Waals surface area (Å²) in [7, 11) is 0. The molecule has 1 unspecified atom stereocenters. The van der Waals surface area contributed by atoms with E-state index in [2.05, 4.69) is 10.3 Å². The van der Waals surface area contributed by atoms with E-state index in [-0.39, 0.29) is 37.3 Å². The first-order valence-corrected chi connectivity index (χ1v) is 9.78. The molecule has 0 bridgehead atoms. The average molecular weight is 433 g/mol. The predicted octanol–water partition coefficient (Wildman–Crippen LogP) is 0.595. The van der Waals surface area contributed by atoms with Crippen LogP contribution < -0.4 is 4.90 Å². The molecule has 1 aromatic carbocycles. The molecular formula is C20H21F2N5O4. The van der Waals surface area contributed by atoms with Crippen molar-refractivity contribution in [3.8, 4) is 0 Å². The Morgan fingerprint density at radius 1 is 1.32 bits per heavy atom. The average Bonchev–Trinajstić information content (AvgIpc) is 3.43. The third-order valence-electron chi connectivity index (χ3n) is 5.40. The third-order valence-corrected chi connectivity index (χ3v) is 5.40. The van der Waals surface area contributed by atoms with E-state index in [1.54, 1.807) is 17.0 Å². The smallest absolute Gasteiger partial charge is 0.248 e. The number of amides is 1. The van der Waals surface area contributed by atoms with Crippen LogP contribution in [-0.2, 0) is 20.9 Å². The highest BCUT2D eigenvalue weighted by Gasteiger charge is 2.34. The molecule has 2 aliphatic rings. The van der Waals surface area contributed by atoms with E-state index in [0.29, 0.717) is 18.4 Å². The molecule has 1 aromatic heterocycles. The third kappa shape index (κ3) is 4.32. The number of hydrogen-bond donors (Lipinski definition) is 1. The fourth-order valence-electron chi connectivity index (χ4n) is 3.89.